The number of nitrogens with one attached hydrogen (secondary N) is 1. The van der Waals surface area contributed by atoms with Crippen LogP contribution in [0.25, 0.3) is 10.2 Å². The molecule has 138 valence electrons. The molecule has 1 fully saturated rings. The maximum Gasteiger partial charge on any atom is 0.410 e. The van der Waals surface area contributed by atoms with E-state index in [1.807, 2.05) is 48.5 Å². The monoisotopic (exact) mass is 381 g/mol. The third kappa shape index (κ3) is 3.93. The SMILES string of the molecule is O=C(Nc1ccc2ncsc2c1)[C@@H]1CCCN1C(=O)OCc1ccccc1. The van der Waals surface area contributed by atoms with Crippen LogP contribution in [0.15, 0.2) is 54.0 Å². The second-order valence-electron chi connectivity index (χ2n) is 6.42. The summed E-state index contributed by atoms with van der Waals surface area (Å²) < 4.78 is 6.40. The van der Waals surface area contributed by atoms with Crippen molar-refractivity contribution in [2.24, 2.45) is 0 Å². The molecule has 4 rings (SSSR count). The minimum Gasteiger partial charge on any atom is -0.445 e. The molecular weight excluding hydrogens is 362 g/mol. The van der Waals surface area contributed by atoms with E-state index in [2.05, 4.69) is 10.3 Å². The van der Waals surface area contributed by atoms with Crippen LogP contribution in [0.3, 0.4) is 0 Å². The standard InChI is InChI=1S/C20H19N3O3S/c24-19(22-15-8-9-16-18(11-15)27-13-21-16)17-7-4-10-23(17)20(25)26-12-14-5-2-1-3-6-14/h1-3,5-6,8-9,11,13,17H,4,7,10,12H2,(H,22,24)/t17-/m0/s1. The number of hydrogen-bond acceptors (Lipinski definition) is 5. The molecule has 2 amide bonds. The first-order chi connectivity index (χ1) is 13.2. The quantitative estimate of drug-likeness (QED) is 0.740. The van der Waals surface area contributed by atoms with Gasteiger partial charge in [0, 0.05) is 12.2 Å². The van der Waals surface area contributed by atoms with Crippen LogP contribution in [0.2, 0.25) is 0 Å². The molecule has 0 saturated carbocycles. The van der Waals surface area contributed by atoms with Crippen LogP contribution in [0.5, 0.6) is 0 Å². The van der Waals surface area contributed by atoms with E-state index in [0.717, 1.165) is 22.2 Å². The largest absolute Gasteiger partial charge is 0.445 e. The van der Waals surface area contributed by atoms with E-state index < -0.39 is 12.1 Å². The first-order valence-electron chi connectivity index (χ1n) is 8.82. The van der Waals surface area contributed by atoms with Gasteiger partial charge in [0.1, 0.15) is 12.6 Å². The fourth-order valence-electron chi connectivity index (χ4n) is 3.22. The van der Waals surface area contributed by atoms with Gasteiger partial charge in [-0.15, -0.1) is 11.3 Å². The first-order valence-corrected chi connectivity index (χ1v) is 9.70. The molecular formula is C20H19N3O3S. The summed E-state index contributed by atoms with van der Waals surface area (Å²) in [7, 11) is 0. The van der Waals surface area contributed by atoms with Crippen LogP contribution < -0.4 is 5.32 Å². The highest BCUT2D eigenvalue weighted by Gasteiger charge is 2.35. The Kier molecular flexibility index (Phi) is 5.02. The lowest BCUT2D eigenvalue weighted by molar-refractivity contribution is -0.120. The van der Waals surface area contributed by atoms with E-state index >= 15 is 0 Å². The molecule has 1 aliphatic rings. The van der Waals surface area contributed by atoms with Gasteiger partial charge in [-0.3, -0.25) is 9.69 Å². The molecule has 3 aromatic rings. The minimum absolute atomic E-state index is 0.187. The summed E-state index contributed by atoms with van der Waals surface area (Å²) >= 11 is 1.52. The normalized spacial score (nSPS) is 16.4. The van der Waals surface area contributed by atoms with Crippen molar-refractivity contribution in [1.29, 1.82) is 0 Å². The van der Waals surface area contributed by atoms with E-state index in [4.69, 9.17) is 4.74 Å². The summed E-state index contributed by atoms with van der Waals surface area (Å²) in [6.07, 6.45) is 0.969. The molecule has 2 heterocycles. The molecule has 0 bridgehead atoms. The number of amides is 2. The molecule has 1 atom stereocenters. The van der Waals surface area contributed by atoms with E-state index in [1.165, 1.54) is 16.2 Å². The van der Waals surface area contributed by atoms with Crippen molar-refractivity contribution in [3.8, 4) is 0 Å². The third-order valence-electron chi connectivity index (χ3n) is 4.59. The van der Waals surface area contributed by atoms with Crippen molar-refractivity contribution in [3.05, 3.63) is 59.6 Å². The average molecular weight is 381 g/mol. The number of anilines is 1. The summed E-state index contributed by atoms with van der Waals surface area (Å²) in [6.45, 7) is 0.728. The van der Waals surface area contributed by atoms with Crippen LogP contribution in [0.1, 0.15) is 18.4 Å². The summed E-state index contributed by atoms with van der Waals surface area (Å²) in [5.74, 6) is -0.187. The smallest absolute Gasteiger partial charge is 0.410 e. The fourth-order valence-corrected chi connectivity index (χ4v) is 3.93. The maximum absolute atomic E-state index is 12.7. The van der Waals surface area contributed by atoms with Gasteiger partial charge in [-0.2, -0.15) is 0 Å². The molecule has 27 heavy (non-hydrogen) atoms. The number of aromatic nitrogens is 1. The van der Waals surface area contributed by atoms with Gasteiger partial charge in [0.05, 0.1) is 15.7 Å². The van der Waals surface area contributed by atoms with Crippen LogP contribution in [0, 0.1) is 0 Å². The summed E-state index contributed by atoms with van der Waals surface area (Å²) in [5.41, 5.74) is 4.31. The Balaban J connectivity index is 1.39. The molecule has 1 aliphatic heterocycles. The lowest BCUT2D eigenvalue weighted by atomic mass is 10.2. The van der Waals surface area contributed by atoms with Crippen molar-refractivity contribution >= 4 is 39.2 Å². The van der Waals surface area contributed by atoms with Gasteiger partial charge in [0.25, 0.3) is 0 Å². The maximum atomic E-state index is 12.7. The summed E-state index contributed by atoms with van der Waals surface area (Å²) in [5, 5.41) is 2.91. The third-order valence-corrected chi connectivity index (χ3v) is 5.39. The number of thiazole rings is 1. The lowest BCUT2D eigenvalue weighted by Crippen LogP contribution is -2.43. The van der Waals surface area contributed by atoms with Crippen molar-refractivity contribution < 1.29 is 14.3 Å². The number of nitrogens with zero attached hydrogens (tertiary/aromatic N) is 2. The predicted molar refractivity (Wildman–Crippen MR) is 105 cm³/mol. The number of hydrogen-bond donors (Lipinski definition) is 1. The molecule has 0 aliphatic carbocycles. The highest BCUT2D eigenvalue weighted by Crippen LogP contribution is 2.24. The minimum atomic E-state index is -0.509. The van der Waals surface area contributed by atoms with Crippen LogP contribution in [-0.2, 0) is 16.1 Å². The van der Waals surface area contributed by atoms with Gasteiger partial charge in [0.2, 0.25) is 5.91 Å². The van der Waals surface area contributed by atoms with Crippen molar-refractivity contribution in [1.82, 2.24) is 9.88 Å². The van der Waals surface area contributed by atoms with Gasteiger partial charge < -0.3 is 10.1 Å². The number of carbonyl (C=O) groups excluding carboxylic acids is 2. The van der Waals surface area contributed by atoms with E-state index in [0.29, 0.717) is 18.7 Å². The Bertz CT molecular complexity index is 957. The van der Waals surface area contributed by atoms with E-state index in [-0.39, 0.29) is 12.5 Å². The topological polar surface area (TPSA) is 71.5 Å². The van der Waals surface area contributed by atoms with Crippen LogP contribution in [0.4, 0.5) is 10.5 Å². The second kappa shape index (κ2) is 7.75. The van der Waals surface area contributed by atoms with Crippen molar-refractivity contribution in [2.75, 3.05) is 11.9 Å². The molecule has 1 aromatic heterocycles. The average Bonchev–Trinajstić information content (AvgIpc) is 3.36. The van der Waals surface area contributed by atoms with Gasteiger partial charge in [-0.05, 0) is 36.6 Å². The van der Waals surface area contributed by atoms with Gasteiger partial charge in [-0.1, -0.05) is 30.3 Å². The number of benzene rings is 2. The summed E-state index contributed by atoms with van der Waals surface area (Å²) in [4.78, 5) is 30.9. The molecule has 1 N–H and O–H groups in total. The number of ether oxygens (including phenoxy) is 1. The molecule has 0 spiro atoms. The second-order valence-corrected chi connectivity index (χ2v) is 7.30. The molecule has 1 saturated heterocycles. The lowest BCUT2D eigenvalue weighted by Gasteiger charge is -2.23. The fraction of sp³-hybridized carbons (Fsp3) is 0.250. The zero-order valence-electron chi connectivity index (χ0n) is 14.6. The van der Waals surface area contributed by atoms with Crippen molar-refractivity contribution in [2.45, 2.75) is 25.5 Å². The molecule has 2 aromatic carbocycles. The Hall–Kier alpha value is -2.93. The Morgan fingerprint density at radius 1 is 1.22 bits per heavy atom. The van der Waals surface area contributed by atoms with Gasteiger partial charge in [-0.25, -0.2) is 9.78 Å². The zero-order chi connectivity index (χ0) is 18.6. The number of rotatable bonds is 4. The Labute approximate surface area is 160 Å². The Morgan fingerprint density at radius 2 is 2.07 bits per heavy atom. The van der Waals surface area contributed by atoms with Crippen LogP contribution >= 0.6 is 11.3 Å². The molecule has 6 nitrogen and oxygen atoms in total. The number of fused-ring (bicyclic) bond motifs is 1. The molecule has 0 unspecified atom stereocenters. The number of carbonyl (C=O) groups is 2. The van der Waals surface area contributed by atoms with Gasteiger partial charge >= 0.3 is 6.09 Å². The highest BCUT2D eigenvalue weighted by molar-refractivity contribution is 7.16. The van der Waals surface area contributed by atoms with Crippen LogP contribution in [-0.4, -0.2) is 34.5 Å². The summed E-state index contributed by atoms with van der Waals surface area (Å²) in [6, 6.07) is 14.6. The zero-order valence-corrected chi connectivity index (χ0v) is 15.4. The predicted octanol–water partition coefficient (Wildman–Crippen LogP) is 4.04. The first kappa shape index (κ1) is 17.5. The highest BCUT2D eigenvalue weighted by atomic mass is 32.1. The molecule has 7 heteroatoms. The van der Waals surface area contributed by atoms with Crippen molar-refractivity contribution in [3.63, 3.8) is 0 Å². The molecule has 0 radical (unpaired) electrons. The van der Waals surface area contributed by atoms with E-state index in [1.54, 1.807) is 5.51 Å². The Morgan fingerprint density at radius 3 is 2.93 bits per heavy atom. The number of likely N-dealkylation sites (tertiary alicyclic amines) is 1. The van der Waals surface area contributed by atoms with E-state index in [9.17, 15) is 9.59 Å². The van der Waals surface area contributed by atoms with Gasteiger partial charge in [0.15, 0.2) is 0 Å².